The van der Waals surface area contributed by atoms with Crippen LogP contribution in [-0.2, 0) is 9.53 Å². The van der Waals surface area contributed by atoms with E-state index in [0.717, 1.165) is 6.07 Å². The number of halogens is 2. The summed E-state index contributed by atoms with van der Waals surface area (Å²) in [5.74, 6) is -1.90. The Morgan fingerprint density at radius 2 is 2.20 bits per heavy atom. The predicted octanol–water partition coefficient (Wildman–Crippen LogP) is 1.84. The first-order valence-corrected chi connectivity index (χ1v) is 6.16. The second-order valence-corrected chi connectivity index (χ2v) is 4.83. The molecule has 1 fully saturated rings. The zero-order valence-corrected chi connectivity index (χ0v) is 11.0. The number of urea groups is 1. The van der Waals surface area contributed by atoms with E-state index in [9.17, 15) is 14.0 Å². The quantitative estimate of drug-likeness (QED) is 0.795. The molecule has 0 saturated carbocycles. The van der Waals surface area contributed by atoms with Crippen LogP contribution in [0.2, 0.25) is 5.02 Å². The van der Waals surface area contributed by atoms with E-state index < -0.39 is 23.4 Å². The number of hydrogen-bond donors (Lipinski definition) is 3. The van der Waals surface area contributed by atoms with Crippen LogP contribution < -0.4 is 10.6 Å². The number of amides is 2. The molecule has 0 radical (unpaired) electrons. The van der Waals surface area contributed by atoms with Gasteiger partial charge in [-0.15, -0.1) is 0 Å². The highest BCUT2D eigenvalue weighted by molar-refractivity contribution is 6.30. The van der Waals surface area contributed by atoms with Gasteiger partial charge in [0.1, 0.15) is 5.82 Å². The molecule has 1 aliphatic rings. The number of anilines is 1. The minimum Gasteiger partial charge on any atom is -0.479 e. The first kappa shape index (κ1) is 14.5. The average molecular weight is 303 g/mol. The van der Waals surface area contributed by atoms with Crippen LogP contribution >= 0.6 is 11.6 Å². The summed E-state index contributed by atoms with van der Waals surface area (Å²) in [5, 5.41) is 13.9. The van der Waals surface area contributed by atoms with Gasteiger partial charge in [-0.3, -0.25) is 0 Å². The summed E-state index contributed by atoms with van der Waals surface area (Å²) in [6, 6.07) is 2.92. The second kappa shape index (κ2) is 5.64. The molecule has 3 N–H and O–H groups in total. The van der Waals surface area contributed by atoms with Gasteiger partial charge in [0.2, 0.25) is 0 Å². The van der Waals surface area contributed by atoms with Crippen molar-refractivity contribution in [1.29, 1.82) is 0 Å². The Labute approximate surface area is 118 Å². The zero-order valence-electron chi connectivity index (χ0n) is 10.3. The molecule has 1 aliphatic heterocycles. The lowest BCUT2D eigenvalue weighted by atomic mass is 9.99. The van der Waals surface area contributed by atoms with E-state index in [1.165, 1.54) is 12.1 Å². The van der Waals surface area contributed by atoms with Crippen LogP contribution in [0, 0.1) is 5.82 Å². The maximum Gasteiger partial charge on any atom is 0.332 e. The van der Waals surface area contributed by atoms with Crippen LogP contribution in [-0.4, -0.2) is 35.9 Å². The summed E-state index contributed by atoms with van der Waals surface area (Å²) < 4.78 is 18.5. The van der Waals surface area contributed by atoms with E-state index >= 15 is 0 Å². The van der Waals surface area contributed by atoms with Crippen molar-refractivity contribution >= 4 is 29.3 Å². The number of rotatable bonds is 3. The summed E-state index contributed by atoms with van der Waals surface area (Å²) in [4.78, 5) is 23.0. The number of carboxylic acid groups (broad SMARTS) is 1. The number of benzene rings is 1. The fourth-order valence-electron chi connectivity index (χ4n) is 1.85. The van der Waals surface area contributed by atoms with E-state index in [1.807, 2.05) is 0 Å². The van der Waals surface area contributed by atoms with Crippen molar-refractivity contribution in [3.05, 3.63) is 29.0 Å². The van der Waals surface area contributed by atoms with E-state index in [1.54, 1.807) is 0 Å². The van der Waals surface area contributed by atoms with Crippen molar-refractivity contribution < 1.29 is 23.8 Å². The molecule has 20 heavy (non-hydrogen) atoms. The Balaban J connectivity index is 2.07. The fraction of sp³-hybridized carbons (Fsp3) is 0.333. The van der Waals surface area contributed by atoms with Gasteiger partial charge in [0.05, 0.1) is 12.3 Å². The molecule has 2 rings (SSSR count). The van der Waals surface area contributed by atoms with Crippen LogP contribution in [0.1, 0.15) is 6.42 Å². The van der Waals surface area contributed by atoms with Gasteiger partial charge >= 0.3 is 12.0 Å². The van der Waals surface area contributed by atoms with Crippen LogP contribution in [0.15, 0.2) is 18.2 Å². The van der Waals surface area contributed by atoms with E-state index in [0.29, 0.717) is 0 Å². The van der Waals surface area contributed by atoms with Crippen LogP contribution in [0.5, 0.6) is 0 Å². The number of ether oxygens (including phenoxy) is 1. The standard InChI is InChI=1S/C12H12ClFN2O4/c13-7-1-2-9(8(14)5-7)15-11(19)16-12(10(17)18)3-4-20-6-12/h1-2,5H,3-4,6H2,(H,17,18)(H2,15,16,19). The first-order valence-electron chi connectivity index (χ1n) is 5.78. The summed E-state index contributed by atoms with van der Waals surface area (Å²) in [6.45, 7) is 0.112. The summed E-state index contributed by atoms with van der Waals surface area (Å²) in [7, 11) is 0. The number of hydrogen-bond acceptors (Lipinski definition) is 3. The molecule has 2 amide bonds. The monoisotopic (exact) mass is 302 g/mol. The number of aliphatic carboxylic acids is 1. The number of carbonyl (C=O) groups excluding carboxylic acids is 1. The Morgan fingerprint density at radius 1 is 1.45 bits per heavy atom. The van der Waals surface area contributed by atoms with Gasteiger partial charge < -0.3 is 20.5 Å². The molecular formula is C12H12ClFN2O4. The van der Waals surface area contributed by atoms with Crippen molar-refractivity contribution in [2.75, 3.05) is 18.5 Å². The zero-order chi connectivity index (χ0) is 14.8. The Hall–Kier alpha value is -1.86. The maximum absolute atomic E-state index is 13.5. The molecule has 0 bridgehead atoms. The third-order valence-electron chi connectivity index (χ3n) is 2.96. The highest BCUT2D eigenvalue weighted by atomic mass is 35.5. The Bertz CT molecular complexity index is 546. The molecule has 8 heteroatoms. The largest absolute Gasteiger partial charge is 0.479 e. The summed E-state index contributed by atoms with van der Waals surface area (Å²) in [5.41, 5.74) is -1.57. The van der Waals surface area contributed by atoms with Gasteiger partial charge in [0, 0.05) is 18.1 Å². The van der Waals surface area contributed by atoms with Gasteiger partial charge in [-0.25, -0.2) is 14.0 Å². The molecule has 1 aromatic rings. The topological polar surface area (TPSA) is 87.7 Å². The van der Waals surface area contributed by atoms with Crippen molar-refractivity contribution in [3.8, 4) is 0 Å². The molecule has 1 unspecified atom stereocenters. The number of carbonyl (C=O) groups is 2. The SMILES string of the molecule is O=C(Nc1ccc(Cl)cc1F)NC1(C(=O)O)CCOC1. The van der Waals surface area contributed by atoms with E-state index in [-0.39, 0.29) is 30.3 Å². The highest BCUT2D eigenvalue weighted by Gasteiger charge is 2.44. The number of carboxylic acids is 1. The molecule has 1 aromatic carbocycles. The summed E-state index contributed by atoms with van der Waals surface area (Å²) in [6.07, 6.45) is 0.152. The molecule has 108 valence electrons. The third-order valence-corrected chi connectivity index (χ3v) is 3.20. The van der Waals surface area contributed by atoms with Gasteiger partial charge in [-0.05, 0) is 18.2 Å². The first-order chi connectivity index (χ1) is 9.43. The van der Waals surface area contributed by atoms with Gasteiger partial charge in [0.25, 0.3) is 0 Å². The normalized spacial score (nSPS) is 21.5. The van der Waals surface area contributed by atoms with Crippen LogP contribution in [0.25, 0.3) is 0 Å². The number of nitrogens with one attached hydrogen (secondary N) is 2. The second-order valence-electron chi connectivity index (χ2n) is 4.39. The highest BCUT2D eigenvalue weighted by Crippen LogP contribution is 2.21. The molecule has 1 heterocycles. The van der Waals surface area contributed by atoms with Crippen molar-refractivity contribution in [2.45, 2.75) is 12.0 Å². The minimum atomic E-state index is -1.48. The predicted molar refractivity (Wildman–Crippen MR) is 69.4 cm³/mol. The molecular weight excluding hydrogens is 291 g/mol. The van der Waals surface area contributed by atoms with Crippen molar-refractivity contribution in [1.82, 2.24) is 5.32 Å². The lowest BCUT2D eigenvalue weighted by Crippen LogP contribution is -2.56. The lowest BCUT2D eigenvalue weighted by molar-refractivity contribution is -0.144. The molecule has 0 aliphatic carbocycles. The Kier molecular flexibility index (Phi) is 4.10. The van der Waals surface area contributed by atoms with Crippen LogP contribution in [0.4, 0.5) is 14.9 Å². The van der Waals surface area contributed by atoms with Crippen molar-refractivity contribution in [3.63, 3.8) is 0 Å². The van der Waals surface area contributed by atoms with Gasteiger partial charge in [-0.1, -0.05) is 11.6 Å². The molecule has 1 saturated heterocycles. The van der Waals surface area contributed by atoms with Gasteiger partial charge in [0.15, 0.2) is 5.54 Å². The van der Waals surface area contributed by atoms with E-state index in [2.05, 4.69) is 10.6 Å². The molecule has 1 atom stereocenters. The fourth-order valence-corrected chi connectivity index (χ4v) is 2.01. The molecule has 0 aromatic heterocycles. The lowest BCUT2D eigenvalue weighted by Gasteiger charge is -2.23. The third kappa shape index (κ3) is 3.00. The average Bonchev–Trinajstić information content (AvgIpc) is 2.82. The Morgan fingerprint density at radius 3 is 2.75 bits per heavy atom. The van der Waals surface area contributed by atoms with E-state index in [4.69, 9.17) is 21.4 Å². The molecule has 6 nitrogen and oxygen atoms in total. The van der Waals surface area contributed by atoms with Gasteiger partial charge in [-0.2, -0.15) is 0 Å². The smallest absolute Gasteiger partial charge is 0.332 e. The van der Waals surface area contributed by atoms with Crippen LogP contribution in [0.3, 0.4) is 0 Å². The minimum absolute atomic E-state index is 0.0913. The summed E-state index contributed by atoms with van der Waals surface area (Å²) >= 11 is 5.59. The maximum atomic E-state index is 13.5. The van der Waals surface area contributed by atoms with Crippen molar-refractivity contribution in [2.24, 2.45) is 0 Å². The molecule has 0 spiro atoms.